The van der Waals surface area contributed by atoms with Crippen molar-refractivity contribution >= 4 is 17.7 Å². The molecule has 5 aliphatic rings. The van der Waals surface area contributed by atoms with E-state index in [2.05, 4.69) is 20.8 Å². The molecule has 5 rings (SSSR count). The van der Waals surface area contributed by atoms with Gasteiger partial charge in [-0.2, -0.15) is 0 Å². The zero-order chi connectivity index (χ0) is 53.0. The molecule has 0 aromatic rings. The van der Waals surface area contributed by atoms with Crippen LogP contribution in [-0.4, -0.2) is 111 Å². The van der Waals surface area contributed by atoms with E-state index in [-0.39, 0.29) is 0 Å². The van der Waals surface area contributed by atoms with Crippen LogP contribution in [-0.2, 0) is 28.6 Å². The van der Waals surface area contributed by atoms with E-state index in [0.717, 1.165) is 106 Å². The first kappa shape index (κ1) is 64.1. The summed E-state index contributed by atoms with van der Waals surface area (Å²) in [6.07, 6.45) is 51.9. The van der Waals surface area contributed by atoms with Gasteiger partial charge in [0, 0.05) is 58.5 Å². The molecule has 3 saturated heterocycles. The summed E-state index contributed by atoms with van der Waals surface area (Å²) in [5, 5.41) is 0. The van der Waals surface area contributed by atoms with E-state index in [0.29, 0.717) is 76.6 Å². The lowest BCUT2D eigenvalue weighted by atomic mass is 9.55. The van der Waals surface area contributed by atoms with E-state index < -0.39 is 0 Å². The Morgan fingerprint density at radius 3 is 0.867 bits per heavy atom. The third kappa shape index (κ3) is 25.1. The van der Waals surface area contributed by atoms with Crippen LogP contribution in [0.2, 0.25) is 0 Å². The maximum atomic E-state index is 13.0. The van der Waals surface area contributed by atoms with Crippen LogP contribution in [0.4, 0.5) is 0 Å². The second-order valence-corrected chi connectivity index (χ2v) is 25.2. The van der Waals surface area contributed by atoms with Crippen LogP contribution in [0.5, 0.6) is 0 Å². The lowest BCUT2D eigenvalue weighted by Gasteiger charge is -2.50. The Morgan fingerprint density at radius 1 is 0.307 bits per heavy atom. The van der Waals surface area contributed by atoms with Gasteiger partial charge in [0.2, 0.25) is 17.7 Å². The number of morpholine rings is 3. The molecule has 0 aromatic carbocycles. The number of carbonyl (C=O) groups is 3. The minimum absolute atomic E-state index is 0.333. The highest BCUT2D eigenvalue weighted by atomic mass is 16.5. The largest absolute Gasteiger partial charge is 0.378 e. The lowest BCUT2D eigenvalue weighted by Crippen LogP contribution is -2.41. The summed E-state index contributed by atoms with van der Waals surface area (Å²) in [4.78, 5) is 44.8. The van der Waals surface area contributed by atoms with Gasteiger partial charge in [-0.15, -0.1) is 0 Å². The minimum Gasteiger partial charge on any atom is -0.378 e. The number of amides is 3. The molecule has 8 unspecified atom stereocenters. The van der Waals surface area contributed by atoms with Crippen molar-refractivity contribution in [2.75, 3.05) is 78.9 Å². The zero-order valence-corrected chi connectivity index (χ0v) is 49.7. The van der Waals surface area contributed by atoms with Gasteiger partial charge in [0.25, 0.3) is 0 Å². The molecule has 2 aliphatic carbocycles. The number of ether oxygens (including phenoxy) is 3. The second-order valence-electron chi connectivity index (χ2n) is 25.2. The summed E-state index contributed by atoms with van der Waals surface area (Å²) in [5.41, 5.74) is 0. The van der Waals surface area contributed by atoms with E-state index in [9.17, 15) is 14.4 Å². The smallest absolute Gasteiger partial charge is 0.222 e. The Kier molecular flexibility index (Phi) is 34.6. The van der Waals surface area contributed by atoms with E-state index in [1.807, 2.05) is 14.7 Å². The van der Waals surface area contributed by atoms with Crippen LogP contribution < -0.4 is 0 Å². The Hall–Kier alpha value is -1.71. The molecule has 0 radical (unpaired) electrons. The summed E-state index contributed by atoms with van der Waals surface area (Å²) < 4.78 is 16.5. The molecule has 2 saturated carbocycles. The van der Waals surface area contributed by atoms with Crippen molar-refractivity contribution in [1.29, 1.82) is 0 Å². The molecule has 0 spiro atoms. The third-order valence-electron chi connectivity index (χ3n) is 19.8. The maximum Gasteiger partial charge on any atom is 0.222 e. The molecule has 8 atom stereocenters. The van der Waals surface area contributed by atoms with Gasteiger partial charge in [0.05, 0.1) is 39.6 Å². The Labute approximate surface area is 463 Å². The molecule has 75 heavy (non-hydrogen) atoms. The Bertz CT molecular complexity index is 1440. The van der Waals surface area contributed by atoms with Crippen LogP contribution in [0.25, 0.3) is 0 Å². The topological polar surface area (TPSA) is 88.6 Å². The summed E-state index contributed by atoms with van der Waals surface area (Å²) in [6, 6.07) is 0. The van der Waals surface area contributed by atoms with Gasteiger partial charge in [-0.05, 0) is 112 Å². The molecule has 9 heteroatoms. The molecule has 5 fully saturated rings. The molecule has 3 aliphatic heterocycles. The third-order valence-corrected chi connectivity index (χ3v) is 19.8. The number of nitrogens with zero attached hydrogens (tertiary/aromatic N) is 3. The summed E-state index contributed by atoms with van der Waals surface area (Å²) in [7, 11) is 0. The number of unbranched alkanes of at least 4 members (excludes halogenated alkanes) is 20. The van der Waals surface area contributed by atoms with Crippen molar-refractivity contribution < 1.29 is 28.6 Å². The molecular weight excluding hydrogens is 931 g/mol. The number of hydrogen-bond donors (Lipinski definition) is 0. The molecule has 3 heterocycles. The highest BCUT2D eigenvalue weighted by Crippen LogP contribution is 2.54. The average Bonchev–Trinajstić information content (AvgIpc) is 3.44. The van der Waals surface area contributed by atoms with Crippen molar-refractivity contribution in [2.45, 2.75) is 278 Å². The van der Waals surface area contributed by atoms with Crippen LogP contribution in [0.3, 0.4) is 0 Å². The van der Waals surface area contributed by atoms with Gasteiger partial charge in [0.15, 0.2) is 0 Å². The summed E-state index contributed by atoms with van der Waals surface area (Å²) in [5.74, 6) is 8.06. The fourth-order valence-electron chi connectivity index (χ4n) is 15.3. The molecular formula is C66H121N3O6. The van der Waals surface area contributed by atoms with Gasteiger partial charge < -0.3 is 28.9 Å². The summed E-state index contributed by atoms with van der Waals surface area (Å²) in [6.45, 7) is 15.9. The van der Waals surface area contributed by atoms with E-state index in [4.69, 9.17) is 14.2 Å². The minimum atomic E-state index is 0.333. The predicted octanol–water partition coefficient (Wildman–Crippen LogP) is 16.2. The quantitative estimate of drug-likeness (QED) is 0.0568. The average molecular weight is 1050 g/mol. The lowest BCUT2D eigenvalue weighted by molar-refractivity contribution is -0.136. The fourth-order valence-corrected chi connectivity index (χ4v) is 15.3. The van der Waals surface area contributed by atoms with Crippen LogP contribution in [0, 0.1) is 47.3 Å². The molecule has 0 aromatic heterocycles. The van der Waals surface area contributed by atoms with Gasteiger partial charge >= 0.3 is 0 Å². The van der Waals surface area contributed by atoms with Crippen molar-refractivity contribution in [3.63, 3.8) is 0 Å². The monoisotopic (exact) mass is 1050 g/mol. The van der Waals surface area contributed by atoms with Crippen molar-refractivity contribution in [3.05, 3.63) is 0 Å². The zero-order valence-electron chi connectivity index (χ0n) is 49.7. The fraction of sp³-hybridized carbons (Fsp3) is 0.955. The number of rotatable bonds is 40. The van der Waals surface area contributed by atoms with E-state index >= 15 is 0 Å². The molecule has 0 N–H and O–H groups in total. The SMILES string of the molecule is CCCCCCC1CCC(CCCCCCCC(=O)N2CCOCC2)C(CC2C(CCCCCC)CCC(CCCCCCCC(=O)N3CCOCC3)C2CCCCCCCC(=O)N2CCOCC2)C1CCCCC. The van der Waals surface area contributed by atoms with Crippen molar-refractivity contribution in [1.82, 2.24) is 14.7 Å². The standard InChI is InChI=1S/C66H121N3O6/c1-4-7-10-22-30-56-39-42-59(33-25-16-13-19-28-37-65(71)68-45-51-74-52-46-68)62(60(56)34-21-9-6-3)55-63-58(32-23-11-8-5-2)41-40-57(31-24-15-12-18-27-36-64(70)67-43-49-73-50-44-67)61(63)35-26-17-14-20-29-38-66(72)69-47-53-75-54-48-69/h56-63H,4-55H2,1-3H3. The van der Waals surface area contributed by atoms with E-state index in [1.165, 1.54) is 218 Å². The maximum absolute atomic E-state index is 13.0. The highest BCUT2D eigenvalue weighted by Gasteiger charge is 2.45. The van der Waals surface area contributed by atoms with Crippen LogP contribution in [0.1, 0.15) is 278 Å². The number of carbonyl (C=O) groups excluding carboxylic acids is 3. The molecule has 9 nitrogen and oxygen atoms in total. The van der Waals surface area contributed by atoms with Crippen LogP contribution >= 0.6 is 0 Å². The Morgan fingerprint density at radius 2 is 0.547 bits per heavy atom. The first-order valence-electron chi connectivity index (χ1n) is 33.5. The first-order chi connectivity index (χ1) is 36.9. The first-order valence-corrected chi connectivity index (χ1v) is 33.5. The van der Waals surface area contributed by atoms with Gasteiger partial charge in [-0.25, -0.2) is 0 Å². The van der Waals surface area contributed by atoms with Gasteiger partial charge in [0.1, 0.15) is 0 Å². The molecule has 436 valence electrons. The van der Waals surface area contributed by atoms with Crippen molar-refractivity contribution in [3.8, 4) is 0 Å². The summed E-state index contributed by atoms with van der Waals surface area (Å²) >= 11 is 0. The second kappa shape index (κ2) is 40.5. The number of hydrogen-bond acceptors (Lipinski definition) is 6. The Balaban J connectivity index is 1.28. The molecule has 0 bridgehead atoms. The predicted molar refractivity (Wildman–Crippen MR) is 312 cm³/mol. The normalized spacial score (nSPS) is 25.7. The van der Waals surface area contributed by atoms with E-state index in [1.54, 1.807) is 0 Å². The van der Waals surface area contributed by atoms with Crippen LogP contribution in [0.15, 0.2) is 0 Å². The van der Waals surface area contributed by atoms with Crippen molar-refractivity contribution in [2.24, 2.45) is 47.3 Å². The molecule has 3 amide bonds. The highest BCUT2D eigenvalue weighted by molar-refractivity contribution is 5.77. The van der Waals surface area contributed by atoms with Gasteiger partial charge in [-0.1, -0.05) is 194 Å². The van der Waals surface area contributed by atoms with Gasteiger partial charge in [-0.3, -0.25) is 14.4 Å².